The van der Waals surface area contributed by atoms with Gasteiger partial charge in [0, 0.05) is 12.2 Å². The van der Waals surface area contributed by atoms with Crippen molar-refractivity contribution in [2.24, 2.45) is 11.8 Å². The van der Waals surface area contributed by atoms with Crippen molar-refractivity contribution in [3.05, 3.63) is 54.3 Å². The van der Waals surface area contributed by atoms with Gasteiger partial charge in [-0.2, -0.15) is 0 Å². The third-order valence-electron chi connectivity index (χ3n) is 4.56. The van der Waals surface area contributed by atoms with Crippen LogP contribution in [-0.4, -0.2) is 24.4 Å². The van der Waals surface area contributed by atoms with E-state index in [0.717, 1.165) is 0 Å². The molecule has 0 aromatic heterocycles. The highest BCUT2D eigenvalue weighted by molar-refractivity contribution is 6.22. The lowest BCUT2D eigenvalue weighted by molar-refractivity contribution is -0.128. The lowest BCUT2D eigenvalue weighted by Crippen LogP contribution is -2.55. The van der Waals surface area contributed by atoms with E-state index in [1.807, 2.05) is 19.9 Å². The summed E-state index contributed by atoms with van der Waals surface area (Å²) in [4.78, 5) is 29.1. The fourth-order valence-electron chi connectivity index (χ4n) is 3.13. The molecular formula is C20H23FN4O2. The second-order valence-electron chi connectivity index (χ2n) is 6.91. The molecule has 0 bridgehead atoms. The number of hydrogen-bond acceptors (Lipinski definition) is 4. The van der Waals surface area contributed by atoms with Crippen molar-refractivity contribution >= 4 is 28.9 Å². The number of amides is 2. The van der Waals surface area contributed by atoms with Gasteiger partial charge >= 0.3 is 0 Å². The van der Waals surface area contributed by atoms with E-state index < -0.39 is 23.7 Å². The number of para-hydroxylation sites is 1. The van der Waals surface area contributed by atoms with Crippen LogP contribution in [0.4, 0.5) is 21.5 Å². The zero-order valence-electron chi connectivity index (χ0n) is 15.4. The maximum atomic E-state index is 14.1. The molecule has 1 unspecified atom stereocenters. The molecule has 27 heavy (non-hydrogen) atoms. The molecule has 0 radical (unpaired) electrons. The van der Waals surface area contributed by atoms with Gasteiger partial charge in [-0.25, -0.2) is 9.82 Å². The van der Waals surface area contributed by atoms with E-state index in [1.165, 1.54) is 28.0 Å². The van der Waals surface area contributed by atoms with Gasteiger partial charge in [0.1, 0.15) is 5.82 Å². The second kappa shape index (κ2) is 7.85. The minimum absolute atomic E-state index is 0.336. The number of benzene rings is 2. The van der Waals surface area contributed by atoms with Crippen LogP contribution >= 0.6 is 0 Å². The van der Waals surface area contributed by atoms with Gasteiger partial charge in [0.05, 0.1) is 11.4 Å². The largest absolute Gasteiger partial charge is 0.308 e. The van der Waals surface area contributed by atoms with E-state index in [0.29, 0.717) is 35.9 Å². The summed E-state index contributed by atoms with van der Waals surface area (Å²) < 4.78 is 14.1. The summed E-state index contributed by atoms with van der Waals surface area (Å²) in [5.41, 5.74) is 3.72. The summed E-state index contributed by atoms with van der Waals surface area (Å²) in [6, 6.07) is 11.8. The summed E-state index contributed by atoms with van der Waals surface area (Å²) in [6.07, 6.45) is 0.707. The van der Waals surface area contributed by atoms with E-state index in [4.69, 9.17) is 5.84 Å². The molecule has 1 aliphatic heterocycles. The first-order valence-corrected chi connectivity index (χ1v) is 8.90. The van der Waals surface area contributed by atoms with E-state index in [1.54, 1.807) is 24.3 Å². The van der Waals surface area contributed by atoms with Crippen molar-refractivity contribution in [3.8, 4) is 0 Å². The second-order valence-corrected chi connectivity index (χ2v) is 6.91. The Morgan fingerprint density at radius 1 is 1.07 bits per heavy atom. The molecule has 0 fully saturated rings. The van der Waals surface area contributed by atoms with Crippen molar-refractivity contribution < 1.29 is 14.0 Å². The number of carbonyl (C=O) groups is 2. The number of rotatable bonds is 5. The molecule has 0 saturated carbocycles. The fourth-order valence-corrected chi connectivity index (χ4v) is 3.13. The lowest BCUT2D eigenvalue weighted by atomic mass is 10.1. The van der Waals surface area contributed by atoms with Crippen molar-refractivity contribution in [2.75, 3.05) is 16.3 Å². The topological polar surface area (TPSA) is 78.7 Å². The minimum atomic E-state index is -1.26. The molecule has 1 aliphatic rings. The molecule has 7 heteroatoms. The summed E-state index contributed by atoms with van der Waals surface area (Å²) in [7, 11) is 0. The monoisotopic (exact) mass is 370 g/mol. The first kappa shape index (κ1) is 19.0. The van der Waals surface area contributed by atoms with Crippen molar-refractivity contribution in [1.82, 2.24) is 5.43 Å². The highest BCUT2D eigenvalue weighted by atomic mass is 19.1. The fraction of sp³-hybridized carbons (Fsp3) is 0.300. The molecular weight excluding hydrogens is 347 g/mol. The Labute approximate surface area is 157 Å². The molecule has 2 amide bonds. The van der Waals surface area contributed by atoms with Crippen LogP contribution in [0.1, 0.15) is 20.3 Å². The van der Waals surface area contributed by atoms with Gasteiger partial charge < -0.3 is 4.90 Å². The van der Waals surface area contributed by atoms with Crippen LogP contribution in [-0.2, 0) is 9.59 Å². The zero-order chi connectivity index (χ0) is 19.6. The maximum absolute atomic E-state index is 14.1. The molecule has 142 valence electrons. The number of carbonyl (C=O) groups excluding carboxylic acids is 2. The normalized spacial score (nSPS) is 17.3. The first-order chi connectivity index (χ1) is 12.9. The van der Waals surface area contributed by atoms with Gasteiger partial charge in [-0.1, -0.05) is 32.0 Å². The Morgan fingerprint density at radius 3 is 2.41 bits per heavy atom. The Kier molecular flexibility index (Phi) is 5.53. The Morgan fingerprint density at radius 2 is 1.78 bits per heavy atom. The quantitative estimate of drug-likeness (QED) is 0.482. The third-order valence-corrected chi connectivity index (χ3v) is 4.56. The van der Waals surface area contributed by atoms with Crippen molar-refractivity contribution in [3.63, 3.8) is 0 Å². The number of nitrogens with zero attached hydrogens (tertiary/aromatic N) is 2. The van der Waals surface area contributed by atoms with Gasteiger partial charge in [-0.05, 0) is 42.7 Å². The van der Waals surface area contributed by atoms with Crippen LogP contribution in [0.5, 0.6) is 0 Å². The maximum Gasteiger partial charge on any atom is 0.259 e. The predicted molar refractivity (Wildman–Crippen MR) is 103 cm³/mol. The summed E-state index contributed by atoms with van der Waals surface area (Å²) in [6.45, 7) is 4.44. The molecule has 2 aromatic carbocycles. The Balaban J connectivity index is 2.19. The number of hydrazine groups is 1. The van der Waals surface area contributed by atoms with Gasteiger partial charge in [-0.15, -0.1) is 0 Å². The van der Waals surface area contributed by atoms with Gasteiger partial charge in [-0.3, -0.25) is 20.3 Å². The molecule has 2 aromatic rings. The summed E-state index contributed by atoms with van der Waals surface area (Å²) in [5, 5.41) is 0. The zero-order valence-corrected chi connectivity index (χ0v) is 15.4. The number of halogens is 1. The smallest absolute Gasteiger partial charge is 0.259 e. The molecule has 0 spiro atoms. The van der Waals surface area contributed by atoms with Gasteiger partial charge in [0.25, 0.3) is 11.8 Å². The molecule has 1 atom stereocenters. The molecule has 3 rings (SSSR count). The van der Waals surface area contributed by atoms with Crippen LogP contribution in [0.25, 0.3) is 0 Å². The highest BCUT2D eigenvalue weighted by Crippen LogP contribution is 2.38. The summed E-state index contributed by atoms with van der Waals surface area (Å²) >= 11 is 0. The van der Waals surface area contributed by atoms with Crippen LogP contribution in [0.2, 0.25) is 0 Å². The molecule has 1 heterocycles. The van der Waals surface area contributed by atoms with Crippen molar-refractivity contribution in [2.45, 2.75) is 26.3 Å². The Hall–Kier alpha value is -2.77. The number of nitrogens with two attached hydrogens (primary N) is 1. The van der Waals surface area contributed by atoms with Crippen molar-refractivity contribution in [1.29, 1.82) is 0 Å². The molecule has 0 saturated heterocycles. The number of nitrogens with one attached hydrogen (secondary N) is 1. The van der Waals surface area contributed by atoms with Gasteiger partial charge in [0.2, 0.25) is 0 Å². The highest BCUT2D eigenvalue weighted by Gasteiger charge is 2.40. The van der Waals surface area contributed by atoms with Gasteiger partial charge in [0.15, 0.2) is 6.04 Å². The van der Waals surface area contributed by atoms with Crippen LogP contribution in [0, 0.1) is 11.7 Å². The lowest BCUT2D eigenvalue weighted by Gasteiger charge is -2.26. The van der Waals surface area contributed by atoms with E-state index in [2.05, 4.69) is 5.43 Å². The van der Waals surface area contributed by atoms with E-state index in [-0.39, 0.29) is 0 Å². The van der Waals surface area contributed by atoms with Crippen LogP contribution < -0.4 is 21.1 Å². The first-order valence-electron chi connectivity index (χ1n) is 8.90. The van der Waals surface area contributed by atoms with Crippen LogP contribution in [0.3, 0.4) is 0 Å². The Bertz CT molecular complexity index is 841. The predicted octanol–water partition coefficient (Wildman–Crippen LogP) is 2.72. The SMILES string of the molecule is CC(C)CCN1C(=O)C(NN)C(=O)N(c2ccccc2)c2ccc(F)cc21. The minimum Gasteiger partial charge on any atom is -0.308 e. The average molecular weight is 370 g/mol. The molecule has 6 nitrogen and oxygen atoms in total. The molecule has 0 aliphatic carbocycles. The average Bonchev–Trinajstić information content (AvgIpc) is 2.72. The van der Waals surface area contributed by atoms with E-state index in [9.17, 15) is 14.0 Å². The van der Waals surface area contributed by atoms with Crippen LogP contribution in [0.15, 0.2) is 48.5 Å². The molecule has 3 N–H and O–H groups in total. The summed E-state index contributed by atoms with van der Waals surface area (Å²) in [5.74, 6) is 4.42. The number of anilines is 3. The number of fused-ring (bicyclic) bond motifs is 1. The standard InChI is InChI=1S/C20H23FN4O2/c1-13(2)10-11-24-17-12-14(21)8-9-16(17)25(15-6-4-3-5-7-15)20(27)18(23-22)19(24)26/h3-9,12-13,18,23H,10-11,22H2,1-2H3. The van der Waals surface area contributed by atoms with E-state index >= 15 is 0 Å². The number of hydrogen-bond donors (Lipinski definition) is 2. The third kappa shape index (κ3) is 3.70.